The van der Waals surface area contributed by atoms with E-state index in [1.165, 1.54) is 4.40 Å². The van der Waals surface area contributed by atoms with Gasteiger partial charge >= 0.3 is 0 Å². The van der Waals surface area contributed by atoms with E-state index in [1.54, 1.807) is 12.3 Å². The zero-order chi connectivity index (χ0) is 15.2. The number of aromatic nitrogens is 2. The lowest BCUT2D eigenvalue weighted by atomic mass is 10.1. The smallest absolute Gasteiger partial charge is 0.258 e. The third-order valence-electron chi connectivity index (χ3n) is 3.84. The van der Waals surface area contributed by atoms with Gasteiger partial charge in [-0.15, -0.1) is 0 Å². The molecule has 0 saturated heterocycles. The minimum absolute atomic E-state index is 0.0657. The number of aliphatic hydroxyl groups excluding tert-OH is 1. The van der Waals surface area contributed by atoms with Crippen LogP contribution in [0.15, 0.2) is 35.3 Å². The van der Waals surface area contributed by atoms with Gasteiger partial charge in [0, 0.05) is 31.4 Å². The molecule has 2 heterocycles. The van der Waals surface area contributed by atoms with Crippen molar-refractivity contribution < 1.29 is 5.11 Å². The van der Waals surface area contributed by atoms with E-state index in [2.05, 4.69) is 23.7 Å². The van der Waals surface area contributed by atoms with E-state index >= 15 is 0 Å². The van der Waals surface area contributed by atoms with Crippen LogP contribution in [0.1, 0.15) is 32.4 Å². The predicted octanol–water partition coefficient (Wildman–Crippen LogP) is 1.68. The number of nitrogens with zero attached hydrogens (tertiary/aromatic N) is 3. The zero-order valence-electron chi connectivity index (χ0n) is 12.7. The Morgan fingerprint density at radius 3 is 2.76 bits per heavy atom. The first kappa shape index (κ1) is 15.7. The highest BCUT2D eigenvalue weighted by Crippen LogP contribution is 2.12. The molecular formula is C16H23N3O2. The van der Waals surface area contributed by atoms with Crippen molar-refractivity contribution >= 4 is 5.65 Å². The molecule has 0 radical (unpaired) electrons. The molecule has 0 aromatic carbocycles. The summed E-state index contributed by atoms with van der Waals surface area (Å²) >= 11 is 0. The van der Waals surface area contributed by atoms with Crippen LogP contribution >= 0.6 is 0 Å². The molecule has 5 heteroatoms. The lowest BCUT2D eigenvalue weighted by Gasteiger charge is -2.29. The highest BCUT2D eigenvalue weighted by atomic mass is 16.3. The lowest BCUT2D eigenvalue weighted by Crippen LogP contribution is -2.36. The van der Waals surface area contributed by atoms with Crippen LogP contribution in [0.2, 0.25) is 0 Å². The van der Waals surface area contributed by atoms with E-state index in [1.807, 2.05) is 18.2 Å². The monoisotopic (exact) mass is 289 g/mol. The number of hydrogen-bond acceptors (Lipinski definition) is 4. The maximum atomic E-state index is 12.1. The summed E-state index contributed by atoms with van der Waals surface area (Å²) in [6, 6.07) is 7.50. The number of rotatable bonds is 7. The van der Waals surface area contributed by atoms with Crippen molar-refractivity contribution in [3.8, 4) is 0 Å². The fourth-order valence-electron chi connectivity index (χ4n) is 2.72. The maximum Gasteiger partial charge on any atom is 0.258 e. The highest BCUT2D eigenvalue weighted by molar-refractivity contribution is 5.37. The van der Waals surface area contributed by atoms with Crippen molar-refractivity contribution in [1.82, 2.24) is 14.3 Å². The quantitative estimate of drug-likeness (QED) is 0.842. The second kappa shape index (κ2) is 7.33. The number of aliphatic hydroxyl groups is 1. The van der Waals surface area contributed by atoms with Gasteiger partial charge in [0.25, 0.3) is 5.56 Å². The molecule has 2 aromatic rings. The first-order valence-corrected chi connectivity index (χ1v) is 7.51. The maximum absolute atomic E-state index is 12.1. The Morgan fingerprint density at radius 1 is 1.33 bits per heavy atom. The molecule has 0 bridgehead atoms. The molecule has 1 N–H and O–H groups in total. The molecule has 0 amide bonds. The Labute approximate surface area is 124 Å². The van der Waals surface area contributed by atoms with Gasteiger partial charge in [0.15, 0.2) is 0 Å². The molecule has 0 aliphatic rings. The van der Waals surface area contributed by atoms with Gasteiger partial charge < -0.3 is 5.11 Å². The van der Waals surface area contributed by atoms with Gasteiger partial charge in [-0.3, -0.25) is 14.1 Å². The van der Waals surface area contributed by atoms with Crippen molar-refractivity contribution in [2.24, 2.45) is 0 Å². The second-order valence-corrected chi connectivity index (χ2v) is 5.18. The van der Waals surface area contributed by atoms with Crippen LogP contribution in [-0.2, 0) is 6.54 Å². The number of hydrogen-bond donors (Lipinski definition) is 1. The largest absolute Gasteiger partial charge is 0.395 e. The van der Waals surface area contributed by atoms with Crippen LogP contribution < -0.4 is 5.56 Å². The van der Waals surface area contributed by atoms with Gasteiger partial charge in [0.1, 0.15) is 5.65 Å². The van der Waals surface area contributed by atoms with Gasteiger partial charge in [0.2, 0.25) is 0 Å². The average Bonchev–Trinajstić information content (AvgIpc) is 2.49. The van der Waals surface area contributed by atoms with Crippen molar-refractivity contribution in [3.63, 3.8) is 0 Å². The molecule has 0 aliphatic heterocycles. The molecule has 0 spiro atoms. The summed E-state index contributed by atoms with van der Waals surface area (Å²) in [6.45, 7) is 5.58. The summed E-state index contributed by atoms with van der Waals surface area (Å²) in [6.07, 6.45) is 3.76. The fourth-order valence-corrected chi connectivity index (χ4v) is 2.72. The molecule has 0 atom stereocenters. The summed E-state index contributed by atoms with van der Waals surface area (Å²) < 4.78 is 1.54. The minimum atomic E-state index is -0.0657. The summed E-state index contributed by atoms with van der Waals surface area (Å²) in [7, 11) is 0. The molecule has 0 fully saturated rings. The summed E-state index contributed by atoms with van der Waals surface area (Å²) in [4.78, 5) is 18.8. The second-order valence-electron chi connectivity index (χ2n) is 5.18. The van der Waals surface area contributed by atoms with Crippen LogP contribution in [0.4, 0.5) is 0 Å². The van der Waals surface area contributed by atoms with Crippen LogP contribution in [0.25, 0.3) is 5.65 Å². The third kappa shape index (κ3) is 3.68. The van der Waals surface area contributed by atoms with Gasteiger partial charge in [-0.05, 0) is 25.0 Å². The summed E-state index contributed by atoms with van der Waals surface area (Å²) in [5.74, 6) is 0. The summed E-state index contributed by atoms with van der Waals surface area (Å²) in [5, 5.41) is 9.25. The SMILES string of the molecule is CCC(CC)N(CCO)Cc1cc(=O)n2ccccc2n1. The van der Waals surface area contributed by atoms with Crippen molar-refractivity contribution in [2.45, 2.75) is 39.3 Å². The van der Waals surface area contributed by atoms with Gasteiger partial charge in [-0.1, -0.05) is 19.9 Å². The lowest BCUT2D eigenvalue weighted by molar-refractivity contribution is 0.135. The Kier molecular flexibility index (Phi) is 5.47. The van der Waals surface area contributed by atoms with Gasteiger partial charge in [0.05, 0.1) is 12.3 Å². The van der Waals surface area contributed by atoms with Crippen molar-refractivity contribution in [2.75, 3.05) is 13.2 Å². The third-order valence-corrected chi connectivity index (χ3v) is 3.84. The normalized spacial score (nSPS) is 11.7. The Bertz CT molecular complexity index is 635. The molecule has 114 valence electrons. The topological polar surface area (TPSA) is 57.8 Å². The number of pyridine rings is 1. The zero-order valence-corrected chi connectivity index (χ0v) is 12.7. The van der Waals surface area contributed by atoms with Gasteiger partial charge in [-0.25, -0.2) is 4.98 Å². The van der Waals surface area contributed by atoms with Crippen LogP contribution in [0.5, 0.6) is 0 Å². The molecular weight excluding hydrogens is 266 g/mol. The Hall–Kier alpha value is -1.72. The summed E-state index contributed by atoms with van der Waals surface area (Å²) in [5.41, 5.74) is 1.35. The predicted molar refractivity (Wildman–Crippen MR) is 83.3 cm³/mol. The van der Waals surface area contributed by atoms with Gasteiger partial charge in [-0.2, -0.15) is 0 Å². The molecule has 2 aromatic heterocycles. The van der Waals surface area contributed by atoms with E-state index in [4.69, 9.17) is 0 Å². The van der Waals surface area contributed by atoms with Crippen molar-refractivity contribution in [3.05, 3.63) is 46.5 Å². The van der Waals surface area contributed by atoms with E-state index < -0.39 is 0 Å². The van der Waals surface area contributed by atoms with Crippen LogP contribution in [0.3, 0.4) is 0 Å². The van der Waals surface area contributed by atoms with E-state index in [-0.39, 0.29) is 12.2 Å². The average molecular weight is 289 g/mol. The molecule has 5 nitrogen and oxygen atoms in total. The molecule has 2 rings (SSSR count). The molecule has 0 aliphatic carbocycles. The first-order chi connectivity index (χ1) is 10.2. The van der Waals surface area contributed by atoms with Crippen LogP contribution in [-0.4, -0.2) is 38.6 Å². The minimum Gasteiger partial charge on any atom is -0.395 e. The Morgan fingerprint density at radius 2 is 2.10 bits per heavy atom. The van der Waals surface area contributed by atoms with Crippen molar-refractivity contribution in [1.29, 1.82) is 0 Å². The molecule has 21 heavy (non-hydrogen) atoms. The van der Waals surface area contributed by atoms with E-state index in [0.717, 1.165) is 18.5 Å². The van der Waals surface area contributed by atoms with E-state index in [9.17, 15) is 9.90 Å². The molecule has 0 saturated carbocycles. The van der Waals surface area contributed by atoms with Crippen LogP contribution in [0, 0.1) is 0 Å². The molecule has 0 unspecified atom stereocenters. The number of fused-ring (bicyclic) bond motifs is 1. The standard InChI is InChI=1S/C16H23N3O2/c1-3-14(4-2)18(9-10-20)12-13-11-16(21)19-8-6-5-7-15(19)17-13/h5-8,11,14,20H,3-4,9-10,12H2,1-2H3. The fraction of sp³-hybridized carbons (Fsp3) is 0.500. The Balaban J connectivity index is 2.30. The highest BCUT2D eigenvalue weighted by Gasteiger charge is 2.16. The first-order valence-electron chi connectivity index (χ1n) is 7.51. The van der Waals surface area contributed by atoms with E-state index in [0.29, 0.717) is 24.8 Å².